The van der Waals surface area contributed by atoms with Crippen LogP contribution in [0.2, 0.25) is 0 Å². The first-order chi connectivity index (χ1) is 9.80. The van der Waals surface area contributed by atoms with Crippen molar-refractivity contribution in [2.45, 2.75) is 102 Å². The minimum atomic E-state index is -0.0167. The van der Waals surface area contributed by atoms with Crippen LogP contribution in [0.25, 0.3) is 0 Å². The summed E-state index contributed by atoms with van der Waals surface area (Å²) >= 11 is 2.03. The molecule has 0 saturated carbocycles. The summed E-state index contributed by atoms with van der Waals surface area (Å²) in [6, 6.07) is 0. The molecule has 0 aliphatic rings. The van der Waals surface area contributed by atoms with Gasteiger partial charge in [-0.25, -0.2) is 0 Å². The molecule has 3 heteroatoms. The van der Waals surface area contributed by atoms with Crippen molar-refractivity contribution in [1.82, 2.24) is 0 Å². The maximum absolute atomic E-state index is 11.7. The molecule has 0 heterocycles. The van der Waals surface area contributed by atoms with Crippen molar-refractivity contribution in [3.05, 3.63) is 0 Å². The van der Waals surface area contributed by atoms with Crippen molar-refractivity contribution in [3.63, 3.8) is 0 Å². The van der Waals surface area contributed by atoms with Crippen LogP contribution in [0.4, 0.5) is 0 Å². The second kappa shape index (κ2) is 11.3. The van der Waals surface area contributed by atoms with Crippen LogP contribution in [-0.2, 0) is 9.59 Å². The van der Waals surface area contributed by atoms with E-state index in [1.165, 1.54) is 39.0 Å². The number of hydrogen-bond donors (Lipinski definition) is 0. The molecule has 0 aliphatic carbocycles. The zero-order chi connectivity index (χ0) is 16.3. The van der Waals surface area contributed by atoms with Gasteiger partial charge in [-0.05, 0) is 26.2 Å². The molecule has 0 aromatic carbocycles. The molecule has 0 radical (unpaired) electrons. The molecule has 0 aromatic heterocycles. The zero-order valence-corrected chi connectivity index (χ0v) is 15.5. The van der Waals surface area contributed by atoms with E-state index in [9.17, 15) is 9.59 Å². The summed E-state index contributed by atoms with van der Waals surface area (Å²) in [6.07, 6.45) is 9.15. The standard InChI is InChI=1S/C18H34O2S/c1-6-8-9-10-13-18(4,5)21-17(7-2)12-11-16(20)14-15(3)19/h17H,6-14H2,1-5H3. The number of thioether (sulfide) groups is 1. The summed E-state index contributed by atoms with van der Waals surface area (Å²) in [6.45, 7) is 10.6. The van der Waals surface area contributed by atoms with Crippen LogP contribution in [-0.4, -0.2) is 21.6 Å². The van der Waals surface area contributed by atoms with Crippen molar-refractivity contribution in [3.8, 4) is 0 Å². The largest absolute Gasteiger partial charge is 0.300 e. The summed E-state index contributed by atoms with van der Waals surface area (Å²) in [5.41, 5.74) is 0. The fraction of sp³-hybridized carbons (Fsp3) is 0.889. The Balaban J connectivity index is 4.10. The zero-order valence-electron chi connectivity index (χ0n) is 14.7. The van der Waals surface area contributed by atoms with E-state index < -0.39 is 0 Å². The Morgan fingerprint density at radius 3 is 2.29 bits per heavy atom. The number of unbranched alkanes of at least 4 members (excludes halogenated alkanes) is 3. The summed E-state index contributed by atoms with van der Waals surface area (Å²) in [4.78, 5) is 22.6. The second-order valence-corrected chi connectivity index (χ2v) is 8.68. The Morgan fingerprint density at radius 2 is 1.76 bits per heavy atom. The minimum absolute atomic E-state index is 0.0167. The summed E-state index contributed by atoms with van der Waals surface area (Å²) in [5, 5.41) is 0.530. The molecular weight excluding hydrogens is 280 g/mol. The van der Waals surface area contributed by atoms with E-state index in [0.717, 1.165) is 12.8 Å². The minimum Gasteiger partial charge on any atom is -0.300 e. The Morgan fingerprint density at radius 1 is 1.10 bits per heavy atom. The monoisotopic (exact) mass is 314 g/mol. The van der Waals surface area contributed by atoms with Crippen LogP contribution in [0.3, 0.4) is 0 Å². The maximum atomic E-state index is 11.7. The van der Waals surface area contributed by atoms with Gasteiger partial charge in [0.15, 0.2) is 0 Å². The quantitative estimate of drug-likeness (QED) is 0.329. The van der Waals surface area contributed by atoms with Gasteiger partial charge in [-0.3, -0.25) is 9.59 Å². The molecule has 0 saturated heterocycles. The lowest BCUT2D eigenvalue weighted by Crippen LogP contribution is -2.20. The van der Waals surface area contributed by atoms with E-state index in [4.69, 9.17) is 0 Å². The molecule has 0 spiro atoms. The van der Waals surface area contributed by atoms with Crippen molar-refractivity contribution in [2.24, 2.45) is 0 Å². The molecule has 0 rings (SSSR count). The first-order valence-corrected chi connectivity index (χ1v) is 9.37. The summed E-state index contributed by atoms with van der Waals surface area (Å²) in [5.74, 6) is 0.0826. The highest BCUT2D eigenvalue weighted by Gasteiger charge is 2.23. The van der Waals surface area contributed by atoms with Gasteiger partial charge in [0.05, 0.1) is 6.42 Å². The van der Waals surface area contributed by atoms with E-state index >= 15 is 0 Å². The fourth-order valence-corrected chi connectivity index (χ4v) is 4.09. The average molecular weight is 315 g/mol. The predicted molar refractivity (Wildman–Crippen MR) is 94.0 cm³/mol. The molecular formula is C18H34O2S. The molecule has 0 aliphatic heterocycles. The van der Waals surface area contributed by atoms with Crippen molar-refractivity contribution < 1.29 is 9.59 Å². The van der Waals surface area contributed by atoms with Gasteiger partial charge in [0.1, 0.15) is 11.6 Å². The smallest absolute Gasteiger partial charge is 0.140 e. The molecule has 0 N–H and O–H groups in total. The number of carbonyl (C=O) groups excluding carboxylic acids is 2. The lowest BCUT2D eigenvalue weighted by atomic mass is 10.0. The van der Waals surface area contributed by atoms with Crippen LogP contribution in [0.1, 0.15) is 92.4 Å². The normalized spacial score (nSPS) is 13.2. The van der Waals surface area contributed by atoms with Gasteiger partial charge in [0.25, 0.3) is 0 Å². The van der Waals surface area contributed by atoms with Crippen molar-refractivity contribution in [1.29, 1.82) is 0 Å². The summed E-state index contributed by atoms with van der Waals surface area (Å²) < 4.78 is 0.290. The van der Waals surface area contributed by atoms with Gasteiger partial charge in [-0.1, -0.05) is 53.4 Å². The number of rotatable bonds is 13. The Bertz CT molecular complexity index is 310. The lowest BCUT2D eigenvalue weighted by molar-refractivity contribution is -0.125. The van der Waals surface area contributed by atoms with E-state index in [2.05, 4.69) is 27.7 Å². The predicted octanol–water partition coefficient (Wildman–Crippen LogP) is 5.58. The first kappa shape index (κ1) is 20.7. The van der Waals surface area contributed by atoms with Crippen LogP contribution in [0.15, 0.2) is 0 Å². The van der Waals surface area contributed by atoms with Crippen LogP contribution in [0, 0.1) is 0 Å². The molecule has 2 nitrogen and oxygen atoms in total. The third kappa shape index (κ3) is 12.0. The summed E-state index contributed by atoms with van der Waals surface area (Å²) in [7, 11) is 0. The first-order valence-electron chi connectivity index (χ1n) is 8.49. The maximum Gasteiger partial charge on any atom is 0.140 e. The van der Waals surface area contributed by atoms with Gasteiger partial charge in [0.2, 0.25) is 0 Å². The molecule has 21 heavy (non-hydrogen) atoms. The molecule has 0 amide bonds. The van der Waals surface area contributed by atoms with Gasteiger partial charge >= 0.3 is 0 Å². The highest BCUT2D eigenvalue weighted by Crippen LogP contribution is 2.36. The molecule has 0 bridgehead atoms. The SMILES string of the molecule is CCCCCCC(C)(C)SC(CC)CCC(=O)CC(C)=O. The van der Waals surface area contributed by atoms with Crippen LogP contribution in [0.5, 0.6) is 0 Å². The van der Waals surface area contributed by atoms with E-state index in [0.29, 0.717) is 11.7 Å². The second-order valence-electron chi connectivity index (χ2n) is 6.67. The number of ketones is 2. The van der Waals surface area contributed by atoms with Gasteiger partial charge in [-0.2, -0.15) is 11.8 Å². The third-order valence-corrected chi connectivity index (χ3v) is 5.51. The average Bonchev–Trinajstić information content (AvgIpc) is 2.38. The van der Waals surface area contributed by atoms with Crippen LogP contribution < -0.4 is 0 Å². The topological polar surface area (TPSA) is 34.1 Å². The van der Waals surface area contributed by atoms with E-state index in [1.807, 2.05) is 11.8 Å². The fourth-order valence-electron chi connectivity index (χ4n) is 2.52. The number of Topliss-reactive ketones (excluding diaryl/α,β-unsaturated/α-hetero) is 2. The molecule has 1 unspecified atom stereocenters. The van der Waals surface area contributed by atoms with Crippen molar-refractivity contribution in [2.75, 3.05) is 0 Å². The molecule has 1 atom stereocenters. The van der Waals surface area contributed by atoms with Crippen LogP contribution >= 0.6 is 11.8 Å². The number of hydrogen-bond acceptors (Lipinski definition) is 3. The molecule has 0 fully saturated rings. The number of carbonyl (C=O) groups is 2. The van der Waals surface area contributed by atoms with Gasteiger partial charge in [-0.15, -0.1) is 0 Å². The Kier molecular flexibility index (Phi) is 11.1. The molecule has 124 valence electrons. The van der Waals surface area contributed by atoms with Gasteiger partial charge in [0, 0.05) is 16.4 Å². The molecule has 0 aromatic rings. The third-order valence-electron chi connectivity index (χ3n) is 3.76. The lowest BCUT2D eigenvalue weighted by Gasteiger charge is -2.29. The van der Waals surface area contributed by atoms with Crippen molar-refractivity contribution >= 4 is 23.3 Å². The van der Waals surface area contributed by atoms with E-state index in [-0.39, 0.29) is 22.7 Å². The van der Waals surface area contributed by atoms with E-state index in [1.54, 1.807) is 0 Å². The highest BCUT2D eigenvalue weighted by molar-refractivity contribution is 8.01. The Labute approximate surface area is 135 Å². The van der Waals surface area contributed by atoms with Gasteiger partial charge < -0.3 is 0 Å². The Hall–Kier alpha value is -0.310. The highest BCUT2D eigenvalue weighted by atomic mass is 32.2.